The number of hydrogen-bond donors (Lipinski definition) is 2. The van der Waals surface area contributed by atoms with Gasteiger partial charge in [0, 0.05) is 5.69 Å². The van der Waals surface area contributed by atoms with E-state index < -0.39 is 0 Å². The van der Waals surface area contributed by atoms with E-state index in [2.05, 4.69) is 67.8 Å². The number of rotatable bonds is 3. The third-order valence-corrected chi connectivity index (χ3v) is 3.84. The SMILES string of the molecule is Cc1ccc(C=NNC(=S)Nc2cccc(C)c2C)c(C)c1. The first kappa shape index (κ1) is 16.2. The minimum Gasteiger partial charge on any atom is -0.331 e. The van der Waals surface area contributed by atoms with E-state index in [0.29, 0.717) is 5.11 Å². The van der Waals surface area contributed by atoms with Crippen molar-refractivity contribution in [3.63, 3.8) is 0 Å². The first-order valence-corrected chi connectivity index (χ1v) is 7.61. The van der Waals surface area contributed by atoms with Gasteiger partial charge in [-0.15, -0.1) is 0 Å². The summed E-state index contributed by atoms with van der Waals surface area (Å²) in [5, 5.41) is 7.85. The second-order valence-electron chi connectivity index (χ2n) is 5.43. The van der Waals surface area contributed by atoms with E-state index in [-0.39, 0.29) is 0 Å². The van der Waals surface area contributed by atoms with Crippen LogP contribution in [0.15, 0.2) is 41.5 Å². The lowest BCUT2D eigenvalue weighted by Crippen LogP contribution is -2.24. The molecule has 22 heavy (non-hydrogen) atoms. The minimum absolute atomic E-state index is 0.481. The molecule has 2 aromatic rings. The molecule has 0 aliphatic carbocycles. The maximum atomic E-state index is 5.27. The molecule has 2 rings (SSSR count). The smallest absolute Gasteiger partial charge is 0.191 e. The van der Waals surface area contributed by atoms with Crippen LogP contribution in [0.4, 0.5) is 5.69 Å². The van der Waals surface area contributed by atoms with Crippen LogP contribution in [0.5, 0.6) is 0 Å². The lowest BCUT2D eigenvalue weighted by molar-refractivity contribution is 1.05. The van der Waals surface area contributed by atoms with Gasteiger partial charge in [-0.1, -0.05) is 35.9 Å². The number of thiocarbonyl (C=S) groups is 1. The first-order chi connectivity index (χ1) is 10.5. The highest BCUT2D eigenvalue weighted by Crippen LogP contribution is 2.17. The van der Waals surface area contributed by atoms with E-state index in [0.717, 1.165) is 11.3 Å². The van der Waals surface area contributed by atoms with Gasteiger partial charge in [0.15, 0.2) is 5.11 Å². The van der Waals surface area contributed by atoms with Crippen LogP contribution in [0.1, 0.15) is 27.8 Å². The topological polar surface area (TPSA) is 36.4 Å². The fourth-order valence-corrected chi connectivity index (χ4v) is 2.33. The maximum Gasteiger partial charge on any atom is 0.191 e. The Morgan fingerprint density at radius 3 is 2.55 bits per heavy atom. The number of hydrogen-bond acceptors (Lipinski definition) is 2. The molecule has 0 bridgehead atoms. The van der Waals surface area contributed by atoms with Crippen molar-refractivity contribution in [2.24, 2.45) is 5.10 Å². The van der Waals surface area contributed by atoms with Gasteiger partial charge < -0.3 is 5.32 Å². The second kappa shape index (κ2) is 7.18. The van der Waals surface area contributed by atoms with E-state index >= 15 is 0 Å². The average molecular weight is 311 g/mol. The van der Waals surface area contributed by atoms with Gasteiger partial charge in [0.1, 0.15) is 0 Å². The zero-order valence-electron chi connectivity index (χ0n) is 13.4. The molecule has 2 N–H and O–H groups in total. The highest BCUT2D eigenvalue weighted by molar-refractivity contribution is 7.80. The first-order valence-electron chi connectivity index (χ1n) is 7.21. The summed E-state index contributed by atoms with van der Waals surface area (Å²) >= 11 is 5.27. The predicted molar refractivity (Wildman–Crippen MR) is 98.8 cm³/mol. The van der Waals surface area contributed by atoms with Crippen LogP contribution in [-0.2, 0) is 0 Å². The van der Waals surface area contributed by atoms with Gasteiger partial charge >= 0.3 is 0 Å². The van der Waals surface area contributed by atoms with Crippen molar-refractivity contribution in [2.75, 3.05) is 5.32 Å². The Bertz CT molecular complexity index is 720. The fourth-order valence-electron chi connectivity index (χ4n) is 2.17. The molecule has 0 aliphatic rings. The van der Waals surface area contributed by atoms with E-state index in [1.807, 2.05) is 12.1 Å². The third kappa shape index (κ3) is 4.15. The number of nitrogens with zero attached hydrogens (tertiary/aromatic N) is 1. The number of nitrogens with one attached hydrogen (secondary N) is 2. The molecule has 0 unspecified atom stereocenters. The maximum absolute atomic E-state index is 5.27. The molecule has 0 aliphatic heterocycles. The summed E-state index contributed by atoms with van der Waals surface area (Å²) in [6.07, 6.45) is 1.78. The van der Waals surface area contributed by atoms with Gasteiger partial charge in [-0.25, -0.2) is 0 Å². The Morgan fingerprint density at radius 1 is 1.05 bits per heavy atom. The van der Waals surface area contributed by atoms with Crippen LogP contribution < -0.4 is 10.7 Å². The minimum atomic E-state index is 0.481. The molecule has 114 valence electrons. The van der Waals surface area contributed by atoms with Crippen molar-refractivity contribution < 1.29 is 0 Å². The van der Waals surface area contributed by atoms with E-state index in [9.17, 15) is 0 Å². The predicted octanol–water partition coefficient (Wildman–Crippen LogP) is 4.24. The van der Waals surface area contributed by atoms with Crippen molar-refractivity contribution >= 4 is 29.2 Å². The van der Waals surface area contributed by atoms with Crippen molar-refractivity contribution in [3.05, 3.63) is 64.2 Å². The Morgan fingerprint density at radius 2 is 1.82 bits per heavy atom. The molecule has 0 spiro atoms. The standard InChI is InChI=1S/C18H21N3S/c1-12-8-9-16(14(3)10-12)11-19-21-18(22)20-17-7-5-6-13(2)15(17)4/h5-11H,1-4H3,(H2,20,21,22). The van der Waals surface area contributed by atoms with Gasteiger partial charge in [0.25, 0.3) is 0 Å². The van der Waals surface area contributed by atoms with E-state index in [1.54, 1.807) is 6.21 Å². The molecule has 0 fully saturated rings. The third-order valence-electron chi connectivity index (χ3n) is 3.65. The van der Waals surface area contributed by atoms with Gasteiger partial charge in [-0.05, 0) is 68.2 Å². The lowest BCUT2D eigenvalue weighted by Gasteiger charge is -2.11. The van der Waals surface area contributed by atoms with E-state index in [1.165, 1.54) is 22.3 Å². The number of anilines is 1. The summed E-state index contributed by atoms with van der Waals surface area (Å²) in [5.41, 5.74) is 9.79. The molecular weight excluding hydrogens is 290 g/mol. The Balaban J connectivity index is 1.98. The van der Waals surface area contributed by atoms with Crippen molar-refractivity contribution in [2.45, 2.75) is 27.7 Å². The number of benzene rings is 2. The van der Waals surface area contributed by atoms with Crippen LogP contribution in [0, 0.1) is 27.7 Å². The molecule has 0 saturated heterocycles. The van der Waals surface area contributed by atoms with Crippen LogP contribution in [0.3, 0.4) is 0 Å². The summed E-state index contributed by atoms with van der Waals surface area (Å²) in [6, 6.07) is 12.3. The molecule has 0 aromatic heterocycles. The van der Waals surface area contributed by atoms with Crippen LogP contribution in [0.25, 0.3) is 0 Å². The highest BCUT2D eigenvalue weighted by atomic mass is 32.1. The Hall–Kier alpha value is -2.20. The average Bonchev–Trinajstić information content (AvgIpc) is 2.46. The van der Waals surface area contributed by atoms with Crippen LogP contribution in [0.2, 0.25) is 0 Å². The summed E-state index contributed by atoms with van der Waals surface area (Å²) < 4.78 is 0. The van der Waals surface area contributed by atoms with Crippen LogP contribution in [-0.4, -0.2) is 11.3 Å². The summed E-state index contributed by atoms with van der Waals surface area (Å²) in [4.78, 5) is 0. The lowest BCUT2D eigenvalue weighted by atomic mass is 10.1. The zero-order chi connectivity index (χ0) is 16.1. The van der Waals surface area contributed by atoms with Crippen molar-refractivity contribution in [1.29, 1.82) is 0 Å². The summed E-state index contributed by atoms with van der Waals surface area (Å²) in [5.74, 6) is 0. The van der Waals surface area contributed by atoms with Crippen LogP contribution >= 0.6 is 12.2 Å². The quantitative estimate of drug-likeness (QED) is 0.506. The van der Waals surface area contributed by atoms with Gasteiger partial charge in [0.2, 0.25) is 0 Å². The molecule has 2 aromatic carbocycles. The van der Waals surface area contributed by atoms with E-state index in [4.69, 9.17) is 12.2 Å². The fraction of sp³-hybridized carbons (Fsp3) is 0.222. The number of aryl methyl sites for hydroxylation is 3. The normalized spacial score (nSPS) is 10.7. The molecule has 0 atom stereocenters. The Labute approximate surface area is 137 Å². The molecular formula is C18H21N3S. The molecule has 0 radical (unpaired) electrons. The van der Waals surface area contributed by atoms with Crippen molar-refractivity contribution in [3.8, 4) is 0 Å². The molecule has 3 nitrogen and oxygen atoms in total. The number of hydrazone groups is 1. The van der Waals surface area contributed by atoms with Gasteiger partial charge in [-0.3, -0.25) is 5.43 Å². The monoisotopic (exact) mass is 311 g/mol. The second-order valence-corrected chi connectivity index (χ2v) is 5.84. The summed E-state index contributed by atoms with van der Waals surface area (Å²) in [7, 11) is 0. The van der Waals surface area contributed by atoms with Gasteiger partial charge in [-0.2, -0.15) is 5.10 Å². The molecule has 0 heterocycles. The Kier molecular flexibility index (Phi) is 5.28. The highest BCUT2D eigenvalue weighted by Gasteiger charge is 2.02. The van der Waals surface area contributed by atoms with Gasteiger partial charge in [0.05, 0.1) is 6.21 Å². The summed E-state index contributed by atoms with van der Waals surface area (Å²) in [6.45, 7) is 8.30. The molecule has 0 amide bonds. The zero-order valence-corrected chi connectivity index (χ0v) is 14.2. The molecule has 4 heteroatoms. The molecule has 0 saturated carbocycles. The van der Waals surface area contributed by atoms with Crippen molar-refractivity contribution in [1.82, 2.24) is 5.43 Å². The largest absolute Gasteiger partial charge is 0.331 e.